The van der Waals surface area contributed by atoms with Crippen molar-refractivity contribution in [2.24, 2.45) is 0 Å². The molecule has 3 aromatic carbocycles. The van der Waals surface area contributed by atoms with Gasteiger partial charge in [0.2, 0.25) is 0 Å². The summed E-state index contributed by atoms with van der Waals surface area (Å²) in [5.41, 5.74) is 4.32. The average molecular weight is 442 g/mol. The summed E-state index contributed by atoms with van der Waals surface area (Å²) in [6.07, 6.45) is 0. The third-order valence-electron chi connectivity index (χ3n) is 4.47. The van der Waals surface area contributed by atoms with E-state index in [1.165, 1.54) is 4.68 Å². The predicted molar refractivity (Wildman–Crippen MR) is 118 cm³/mol. The molecule has 2 N–H and O–H groups in total. The molecule has 0 atom stereocenters. The number of hydrogen-bond donors (Lipinski definition) is 2. The number of ether oxygens (including phenoxy) is 1. The van der Waals surface area contributed by atoms with Gasteiger partial charge in [-0.1, -0.05) is 47.5 Å². The van der Waals surface area contributed by atoms with E-state index < -0.39 is 0 Å². The molecule has 0 aliphatic rings. The first kappa shape index (κ1) is 20.1. The van der Waals surface area contributed by atoms with Gasteiger partial charge in [0.1, 0.15) is 18.1 Å². The van der Waals surface area contributed by atoms with Crippen LogP contribution in [0, 0.1) is 0 Å². The van der Waals surface area contributed by atoms with Crippen molar-refractivity contribution in [2.75, 3.05) is 5.43 Å². The zero-order valence-electron chi connectivity index (χ0n) is 15.7. The van der Waals surface area contributed by atoms with Crippen molar-refractivity contribution in [1.29, 1.82) is 0 Å². The minimum absolute atomic E-state index is 0.0179. The third kappa shape index (κ3) is 4.35. The normalized spacial score (nSPS) is 10.9. The number of phenols is 1. The van der Waals surface area contributed by atoms with Crippen LogP contribution in [0.15, 0.2) is 71.5 Å². The van der Waals surface area contributed by atoms with Crippen molar-refractivity contribution in [3.05, 3.63) is 98.5 Å². The van der Waals surface area contributed by atoms with E-state index >= 15 is 0 Å². The molecule has 1 aromatic heterocycles. The Kier molecular flexibility index (Phi) is 5.79. The standard InChI is InChI=1S/C22H17Cl2N3O3/c23-15-7-10-20(18(24)11-15)30-13-21-26-19-4-2-1-3-17(19)22(29)27(21)25-12-14-5-8-16(28)9-6-14/h1-11,25,28H,12-13H2. The van der Waals surface area contributed by atoms with Crippen molar-refractivity contribution in [1.82, 2.24) is 9.66 Å². The Labute approximate surface area is 182 Å². The van der Waals surface area contributed by atoms with Gasteiger partial charge in [-0.3, -0.25) is 4.79 Å². The molecule has 0 spiro atoms. The minimum Gasteiger partial charge on any atom is -0.508 e. The lowest BCUT2D eigenvalue weighted by Crippen LogP contribution is -2.33. The largest absolute Gasteiger partial charge is 0.508 e. The Morgan fingerprint density at radius 3 is 2.57 bits per heavy atom. The highest BCUT2D eigenvalue weighted by atomic mass is 35.5. The predicted octanol–water partition coefficient (Wildman–Crippen LogP) is 4.73. The van der Waals surface area contributed by atoms with Gasteiger partial charge in [-0.25, -0.2) is 9.66 Å². The Hall–Kier alpha value is -3.22. The van der Waals surface area contributed by atoms with Crippen LogP contribution in [0.1, 0.15) is 11.4 Å². The molecule has 0 radical (unpaired) electrons. The van der Waals surface area contributed by atoms with Crippen LogP contribution >= 0.6 is 23.2 Å². The highest BCUT2D eigenvalue weighted by Crippen LogP contribution is 2.28. The van der Waals surface area contributed by atoms with E-state index in [1.54, 1.807) is 60.7 Å². The SMILES string of the molecule is O=c1c2ccccc2nc(COc2ccc(Cl)cc2Cl)n1NCc1ccc(O)cc1. The first-order valence-corrected chi connectivity index (χ1v) is 9.87. The maximum Gasteiger partial charge on any atom is 0.280 e. The number of aromatic hydroxyl groups is 1. The molecule has 8 heteroatoms. The number of fused-ring (bicyclic) bond motifs is 1. The lowest BCUT2D eigenvalue weighted by atomic mass is 10.2. The minimum atomic E-state index is -0.236. The second kappa shape index (κ2) is 8.65. The number of benzene rings is 3. The zero-order valence-corrected chi connectivity index (χ0v) is 17.2. The van der Waals surface area contributed by atoms with E-state index in [4.69, 9.17) is 27.9 Å². The maximum absolute atomic E-state index is 13.1. The van der Waals surface area contributed by atoms with Crippen LogP contribution in [0.4, 0.5) is 0 Å². The number of rotatable bonds is 6. The zero-order chi connectivity index (χ0) is 21.1. The Balaban J connectivity index is 1.66. The van der Waals surface area contributed by atoms with Crippen molar-refractivity contribution >= 4 is 34.1 Å². The number of nitrogens with one attached hydrogen (secondary N) is 1. The van der Waals surface area contributed by atoms with Crippen LogP contribution in [0.3, 0.4) is 0 Å². The van der Waals surface area contributed by atoms with E-state index in [-0.39, 0.29) is 17.9 Å². The molecule has 6 nitrogen and oxygen atoms in total. The fourth-order valence-corrected chi connectivity index (χ4v) is 3.42. The van der Waals surface area contributed by atoms with E-state index in [2.05, 4.69) is 10.4 Å². The second-order valence-electron chi connectivity index (χ2n) is 6.55. The van der Waals surface area contributed by atoms with Crippen LogP contribution in [-0.2, 0) is 13.2 Å². The Morgan fingerprint density at radius 2 is 1.80 bits per heavy atom. The smallest absolute Gasteiger partial charge is 0.280 e. The summed E-state index contributed by atoms with van der Waals surface area (Å²) < 4.78 is 7.18. The summed E-state index contributed by atoms with van der Waals surface area (Å²) in [7, 11) is 0. The molecule has 1 heterocycles. The van der Waals surface area contributed by atoms with E-state index in [1.807, 2.05) is 6.07 Å². The van der Waals surface area contributed by atoms with E-state index in [0.29, 0.717) is 39.1 Å². The van der Waals surface area contributed by atoms with Crippen LogP contribution < -0.4 is 15.7 Å². The third-order valence-corrected chi connectivity index (χ3v) is 5.00. The molecule has 0 unspecified atom stereocenters. The first-order chi connectivity index (χ1) is 14.5. The molecule has 0 saturated carbocycles. The van der Waals surface area contributed by atoms with Crippen LogP contribution in [0.2, 0.25) is 10.0 Å². The summed E-state index contributed by atoms with van der Waals surface area (Å²) in [6, 6.07) is 18.8. The van der Waals surface area contributed by atoms with Crippen molar-refractivity contribution in [3.8, 4) is 11.5 Å². The number of para-hydroxylation sites is 1. The lowest BCUT2D eigenvalue weighted by molar-refractivity contribution is 0.290. The quantitative estimate of drug-likeness (QED) is 0.452. The van der Waals surface area contributed by atoms with Gasteiger partial charge in [0, 0.05) is 5.02 Å². The summed E-state index contributed by atoms with van der Waals surface area (Å²) >= 11 is 12.1. The Bertz CT molecular complexity index is 1260. The molecule has 0 fully saturated rings. The van der Waals surface area contributed by atoms with Gasteiger partial charge in [-0.05, 0) is 48.0 Å². The van der Waals surface area contributed by atoms with Gasteiger partial charge in [-0.2, -0.15) is 0 Å². The molecule has 0 aliphatic carbocycles. The van der Waals surface area contributed by atoms with Gasteiger partial charge in [-0.15, -0.1) is 0 Å². The fraction of sp³-hybridized carbons (Fsp3) is 0.0909. The number of phenolic OH excluding ortho intramolecular Hbond substituents is 1. The van der Waals surface area contributed by atoms with Crippen LogP contribution in [-0.4, -0.2) is 14.8 Å². The van der Waals surface area contributed by atoms with Gasteiger partial charge in [0.25, 0.3) is 5.56 Å². The van der Waals surface area contributed by atoms with Gasteiger partial charge in [0.15, 0.2) is 5.82 Å². The molecule has 4 aromatic rings. The number of aromatic nitrogens is 2. The fourth-order valence-electron chi connectivity index (χ4n) is 2.96. The van der Waals surface area contributed by atoms with Crippen LogP contribution in [0.25, 0.3) is 10.9 Å². The molecule has 4 rings (SSSR count). The van der Waals surface area contributed by atoms with E-state index in [0.717, 1.165) is 5.56 Å². The molecular weight excluding hydrogens is 425 g/mol. The molecule has 30 heavy (non-hydrogen) atoms. The number of nitrogens with zero attached hydrogens (tertiary/aromatic N) is 2. The lowest BCUT2D eigenvalue weighted by Gasteiger charge is -2.16. The van der Waals surface area contributed by atoms with Crippen molar-refractivity contribution < 1.29 is 9.84 Å². The summed E-state index contributed by atoms with van der Waals surface area (Å²) in [5.74, 6) is 1.01. The topological polar surface area (TPSA) is 76.4 Å². The van der Waals surface area contributed by atoms with Gasteiger partial charge in [0.05, 0.1) is 22.5 Å². The van der Waals surface area contributed by atoms with Crippen molar-refractivity contribution in [3.63, 3.8) is 0 Å². The number of halogens is 2. The molecular formula is C22H17Cl2N3O3. The first-order valence-electron chi connectivity index (χ1n) is 9.11. The molecule has 0 aliphatic heterocycles. The van der Waals surface area contributed by atoms with E-state index in [9.17, 15) is 9.90 Å². The highest BCUT2D eigenvalue weighted by Gasteiger charge is 2.13. The van der Waals surface area contributed by atoms with Gasteiger partial charge < -0.3 is 15.3 Å². The van der Waals surface area contributed by atoms with Crippen molar-refractivity contribution in [2.45, 2.75) is 13.2 Å². The Morgan fingerprint density at radius 1 is 1.03 bits per heavy atom. The van der Waals surface area contributed by atoms with Crippen LogP contribution in [0.5, 0.6) is 11.5 Å². The number of hydrogen-bond acceptors (Lipinski definition) is 5. The summed E-state index contributed by atoms with van der Waals surface area (Å²) in [6.45, 7) is 0.374. The maximum atomic E-state index is 13.1. The van der Waals surface area contributed by atoms with Gasteiger partial charge >= 0.3 is 0 Å². The molecule has 0 bridgehead atoms. The average Bonchev–Trinajstić information content (AvgIpc) is 2.74. The monoisotopic (exact) mass is 441 g/mol. The second-order valence-corrected chi connectivity index (χ2v) is 7.39. The highest BCUT2D eigenvalue weighted by molar-refractivity contribution is 6.35. The molecule has 0 amide bonds. The summed E-state index contributed by atoms with van der Waals surface area (Å²) in [4.78, 5) is 17.7. The molecule has 0 saturated heterocycles. The summed E-state index contributed by atoms with van der Waals surface area (Å²) in [5, 5.41) is 10.8. The molecule has 152 valence electrons.